The zero-order valence-electron chi connectivity index (χ0n) is 10.8. The van der Waals surface area contributed by atoms with E-state index in [2.05, 4.69) is 20.7 Å². The number of carbonyl (C=O) groups is 1. The highest BCUT2D eigenvalue weighted by atomic mass is 79.9. The maximum Gasteiger partial charge on any atom is 0.335 e. The lowest BCUT2D eigenvalue weighted by molar-refractivity contribution is -0.0960. The second kappa shape index (κ2) is 7.14. The molecule has 7 nitrogen and oxygen atoms in total. The number of carboxylic acids is 1. The van der Waals surface area contributed by atoms with Crippen molar-refractivity contribution in [2.75, 3.05) is 20.8 Å². The number of nitrogens with one attached hydrogen (secondary N) is 1. The van der Waals surface area contributed by atoms with Gasteiger partial charge in [-0.25, -0.2) is 17.9 Å². The Balaban J connectivity index is 3.03. The van der Waals surface area contributed by atoms with Gasteiger partial charge in [0.05, 0.1) is 17.0 Å². The fourth-order valence-corrected chi connectivity index (χ4v) is 3.36. The van der Waals surface area contributed by atoms with Crippen molar-refractivity contribution < 1.29 is 27.8 Å². The molecular formula is C11H14BrNO6S. The van der Waals surface area contributed by atoms with Crippen LogP contribution in [-0.4, -0.2) is 46.5 Å². The number of halogens is 1. The molecular weight excluding hydrogens is 354 g/mol. The van der Waals surface area contributed by atoms with Crippen molar-refractivity contribution in [1.82, 2.24) is 4.72 Å². The van der Waals surface area contributed by atoms with Crippen LogP contribution in [0.25, 0.3) is 0 Å². The summed E-state index contributed by atoms with van der Waals surface area (Å²) in [5.41, 5.74) is -0.122. The van der Waals surface area contributed by atoms with Gasteiger partial charge in [-0.3, -0.25) is 0 Å². The summed E-state index contributed by atoms with van der Waals surface area (Å²) in [7, 11) is -1.13. The van der Waals surface area contributed by atoms with E-state index in [4.69, 9.17) is 14.6 Å². The average Bonchev–Trinajstić information content (AvgIpc) is 2.39. The molecule has 0 aromatic heterocycles. The van der Waals surface area contributed by atoms with Crippen molar-refractivity contribution >= 4 is 31.9 Å². The molecule has 0 heterocycles. The molecule has 0 aliphatic carbocycles. The highest BCUT2D eigenvalue weighted by Gasteiger charge is 2.21. The van der Waals surface area contributed by atoms with Gasteiger partial charge in [0, 0.05) is 18.7 Å². The lowest BCUT2D eigenvalue weighted by Gasteiger charge is -2.15. The van der Waals surface area contributed by atoms with Gasteiger partial charge in [0.2, 0.25) is 10.0 Å². The molecule has 20 heavy (non-hydrogen) atoms. The smallest absolute Gasteiger partial charge is 0.335 e. The number of sulfonamides is 1. The number of carboxylic acid groups (broad SMARTS) is 1. The molecule has 0 aliphatic rings. The Hall–Kier alpha value is -1.00. The summed E-state index contributed by atoms with van der Waals surface area (Å²) in [6.07, 6.45) is -0.730. The molecule has 0 aliphatic heterocycles. The maximum absolute atomic E-state index is 12.1. The van der Waals surface area contributed by atoms with E-state index in [1.165, 1.54) is 26.4 Å². The molecule has 0 saturated heterocycles. The Morgan fingerprint density at radius 1 is 1.40 bits per heavy atom. The predicted molar refractivity (Wildman–Crippen MR) is 74.1 cm³/mol. The summed E-state index contributed by atoms with van der Waals surface area (Å²) >= 11 is 3.08. The summed E-state index contributed by atoms with van der Waals surface area (Å²) in [5.74, 6) is -1.21. The van der Waals surface area contributed by atoms with Crippen LogP contribution in [0.15, 0.2) is 27.6 Å². The third-order valence-corrected chi connectivity index (χ3v) is 4.85. The van der Waals surface area contributed by atoms with E-state index < -0.39 is 22.3 Å². The monoisotopic (exact) mass is 367 g/mol. The molecule has 0 fully saturated rings. The summed E-state index contributed by atoms with van der Waals surface area (Å²) < 4.78 is 36.5. The minimum atomic E-state index is -3.88. The highest BCUT2D eigenvalue weighted by Crippen LogP contribution is 2.23. The van der Waals surface area contributed by atoms with Crippen molar-refractivity contribution in [2.45, 2.75) is 11.2 Å². The zero-order chi connectivity index (χ0) is 15.3. The van der Waals surface area contributed by atoms with E-state index in [-0.39, 0.29) is 21.5 Å². The molecule has 9 heteroatoms. The maximum atomic E-state index is 12.1. The Bertz CT molecular complexity index is 585. The van der Waals surface area contributed by atoms with Crippen LogP contribution in [0.4, 0.5) is 0 Å². The molecule has 1 rings (SSSR count). The van der Waals surface area contributed by atoms with E-state index >= 15 is 0 Å². The first-order valence-electron chi connectivity index (χ1n) is 5.40. The van der Waals surface area contributed by atoms with Crippen molar-refractivity contribution in [3.63, 3.8) is 0 Å². The van der Waals surface area contributed by atoms with Crippen LogP contribution in [0.3, 0.4) is 0 Å². The molecule has 0 radical (unpaired) electrons. The first kappa shape index (κ1) is 17.1. The van der Waals surface area contributed by atoms with Gasteiger partial charge in [0.1, 0.15) is 0 Å². The van der Waals surface area contributed by atoms with E-state index in [1.54, 1.807) is 0 Å². The Labute approximate surface area is 125 Å². The van der Waals surface area contributed by atoms with E-state index in [0.717, 1.165) is 6.07 Å². The Morgan fingerprint density at radius 2 is 2.00 bits per heavy atom. The third kappa shape index (κ3) is 4.25. The van der Waals surface area contributed by atoms with Gasteiger partial charge in [-0.15, -0.1) is 0 Å². The predicted octanol–water partition coefficient (Wildman–Crippen LogP) is 1.04. The standard InChI is InChI=1S/C11H14BrNO6S/c1-18-10(19-2)6-13-20(16,17)9-5-7(11(14)15)3-4-8(9)12/h3-5,10,13H,6H2,1-2H3,(H,14,15). The van der Waals surface area contributed by atoms with E-state index in [1.807, 2.05) is 0 Å². The van der Waals surface area contributed by atoms with Gasteiger partial charge in [0.15, 0.2) is 6.29 Å². The molecule has 0 atom stereocenters. The molecule has 0 saturated carbocycles. The highest BCUT2D eigenvalue weighted by molar-refractivity contribution is 9.10. The number of methoxy groups -OCH3 is 2. The minimum absolute atomic E-state index is 0.0981. The number of hydrogen-bond acceptors (Lipinski definition) is 5. The third-order valence-electron chi connectivity index (χ3n) is 2.43. The Morgan fingerprint density at radius 3 is 2.50 bits per heavy atom. The van der Waals surface area contributed by atoms with Gasteiger partial charge < -0.3 is 14.6 Å². The molecule has 0 bridgehead atoms. The molecule has 1 aromatic rings. The van der Waals surface area contributed by atoms with E-state index in [9.17, 15) is 13.2 Å². The second-order valence-electron chi connectivity index (χ2n) is 3.70. The van der Waals surface area contributed by atoms with Crippen LogP contribution in [0, 0.1) is 0 Å². The minimum Gasteiger partial charge on any atom is -0.478 e. The number of aromatic carboxylic acids is 1. The lowest BCUT2D eigenvalue weighted by atomic mass is 10.2. The molecule has 0 spiro atoms. The SMILES string of the molecule is COC(CNS(=O)(=O)c1cc(C(=O)O)ccc1Br)OC. The fraction of sp³-hybridized carbons (Fsp3) is 0.364. The largest absolute Gasteiger partial charge is 0.478 e. The van der Waals surface area contributed by atoms with Crippen LogP contribution in [0.1, 0.15) is 10.4 Å². The average molecular weight is 368 g/mol. The van der Waals surface area contributed by atoms with Crippen LogP contribution in [-0.2, 0) is 19.5 Å². The first-order chi connectivity index (χ1) is 9.31. The summed E-state index contributed by atoms with van der Waals surface area (Å²) in [5, 5.41) is 8.89. The summed E-state index contributed by atoms with van der Waals surface area (Å²) in [6, 6.07) is 3.74. The van der Waals surface area contributed by atoms with E-state index in [0.29, 0.717) is 0 Å². The number of benzene rings is 1. The topological polar surface area (TPSA) is 102 Å². The van der Waals surface area contributed by atoms with Gasteiger partial charge in [0.25, 0.3) is 0 Å². The van der Waals surface area contributed by atoms with Crippen LogP contribution in [0.2, 0.25) is 0 Å². The van der Waals surface area contributed by atoms with Gasteiger partial charge in [-0.05, 0) is 34.1 Å². The van der Waals surface area contributed by atoms with Crippen LogP contribution in [0.5, 0.6) is 0 Å². The van der Waals surface area contributed by atoms with Crippen molar-refractivity contribution in [3.8, 4) is 0 Å². The van der Waals surface area contributed by atoms with Gasteiger partial charge in [-0.1, -0.05) is 0 Å². The zero-order valence-corrected chi connectivity index (χ0v) is 13.2. The van der Waals surface area contributed by atoms with Crippen molar-refractivity contribution in [3.05, 3.63) is 28.2 Å². The van der Waals surface area contributed by atoms with Crippen molar-refractivity contribution in [2.24, 2.45) is 0 Å². The lowest BCUT2D eigenvalue weighted by Crippen LogP contribution is -2.34. The quantitative estimate of drug-likeness (QED) is 0.698. The van der Waals surface area contributed by atoms with Crippen LogP contribution < -0.4 is 4.72 Å². The first-order valence-corrected chi connectivity index (χ1v) is 7.67. The van der Waals surface area contributed by atoms with Gasteiger partial charge >= 0.3 is 5.97 Å². The van der Waals surface area contributed by atoms with Gasteiger partial charge in [-0.2, -0.15) is 0 Å². The second-order valence-corrected chi connectivity index (χ2v) is 6.29. The molecule has 112 valence electrons. The summed E-state index contributed by atoms with van der Waals surface area (Å²) in [6.45, 7) is -0.0981. The normalized spacial score (nSPS) is 11.8. The molecule has 1 aromatic carbocycles. The Kier molecular flexibility index (Phi) is 6.08. The van der Waals surface area contributed by atoms with Crippen LogP contribution >= 0.6 is 15.9 Å². The molecule has 2 N–H and O–H groups in total. The summed E-state index contributed by atoms with van der Waals surface area (Å²) in [4.78, 5) is 10.7. The molecule has 0 unspecified atom stereocenters. The number of hydrogen-bond donors (Lipinski definition) is 2. The fourth-order valence-electron chi connectivity index (χ4n) is 1.36. The molecule has 0 amide bonds. The van der Waals surface area contributed by atoms with Crippen molar-refractivity contribution in [1.29, 1.82) is 0 Å². The number of rotatable bonds is 7. The number of ether oxygens (including phenoxy) is 2.